The summed E-state index contributed by atoms with van der Waals surface area (Å²) in [5, 5.41) is 29.6. The minimum atomic E-state index is -0.709. The lowest BCUT2D eigenvalue weighted by molar-refractivity contribution is 0.0572. The predicted octanol–water partition coefficient (Wildman–Crippen LogP) is 1.29. The second-order valence-corrected chi connectivity index (χ2v) is 6.23. The van der Waals surface area contributed by atoms with Crippen molar-refractivity contribution >= 4 is 0 Å². The van der Waals surface area contributed by atoms with E-state index in [-0.39, 0.29) is 0 Å². The molecule has 0 saturated carbocycles. The monoisotopic (exact) mass is 313 g/mol. The quantitative estimate of drug-likeness (QED) is 0.778. The lowest BCUT2D eigenvalue weighted by atomic mass is 9.96. The Balaban J connectivity index is 1.68. The first kappa shape index (κ1) is 16.1. The van der Waals surface area contributed by atoms with Crippen molar-refractivity contribution < 1.29 is 15.3 Å². The first-order valence-corrected chi connectivity index (χ1v) is 8.03. The fourth-order valence-electron chi connectivity index (χ4n) is 3.21. The normalized spacial score (nSPS) is 23.1. The van der Waals surface area contributed by atoms with Crippen molar-refractivity contribution in [1.29, 1.82) is 0 Å². The van der Waals surface area contributed by atoms with E-state index in [9.17, 15) is 15.3 Å². The largest absolute Gasteiger partial charge is 0.391 e. The number of hydrogen-bond acceptors (Lipinski definition) is 4. The van der Waals surface area contributed by atoms with Crippen LogP contribution in [0.25, 0.3) is 11.1 Å². The van der Waals surface area contributed by atoms with E-state index in [1.165, 1.54) is 0 Å². The second kappa shape index (κ2) is 7.23. The van der Waals surface area contributed by atoms with Gasteiger partial charge < -0.3 is 15.3 Å². The van der Waals surface area contributed by atoms with Crippen molar-refractivity contribution in [3.63, 3.8) is 0 Å². The van der Waals surface area contributed by atoms with Gasteiger partial charge in [0, 0.05) is 26.1 Å². The molecule has 4 heteroatoms. The molecule has 1 saturated heterocycles. The molecule has 2 aromatic rings. The first-order valence-electron chi connectivity index (χ1n) is 8.03. The Bertz CT molecular complexity index is 622. The Labute approximate surface area is 136 Å². The Kier molecular flexibility index (Phi) is 5.08. The molecule has 0 radical (unpaired) electrons. The van der Waals surface area contributed by atoms with Gasteiger partial charge in [-0.1, -0.05) is 54.6 Å². The lowest BCUT2D eigenvalue weighted by Gasteiger charge is -2.20. The van der Waals surface area contributed by atoms with E-state index in [1.54, 1.807) is 0 Å². The van der Waals surface area contributed by atoms with Gasteiger partial charge in [-0.2, -0.15) is 0 Å². The molecule has 3 atom stereocenters. The Morgan fingerprint density at radius 2 is 1.52 bits per heavy atom. The molecule has 0 spiro atoms. The van der Waals surface area contributed by atoms with Crippen molar-refractivity contribution in [3.8, 4) is 11.1 Å². The van der Waals surface area contributed by atoms with E-state index < -0.39 is 18.3 Å². The van der Waals surface area contributed by atoms with Crippen LogP contribution >= 0.6 is 0 Å². The summed E-state index contributed by atoms with van der Waals surface area (Å²) in [4.78, 5) is 1.91. The minimum absolute atomic E-state index is 0.415. The number of likely N-dealkylation sites (tertiary alicyclic amines) is 1. The summed E-state index contributed by atoms with van der Waals surface area (Å²) in [6, 6.07) is 18.2. The fraction of sp³-hybridized carbons (Fsp3) is 0.368. The Morgan fingerprint density at radius 1 is 0.913 bits per heavy atom. The highest BCUT2D eigenvalue weighted by Gasteiger charge is 2.30. The van der Waals surface area contributed by atoms with E-state index >= 15 is 0 Å². The van der Waals surface area contributed by atoms with Gasteiger partial charge in [0.25, 0.3) is 0 Å². The highest BCUT2D eigenvalue weighted by molar-refractivity contribution is 5.67. The third-order valence-corrected chi connectivity index (χ3v) is 4.36. The maximum absolute atomic E-state index is 10.4. The molecule has 1 aliphatic heterocycles. The van der Waals surface area contributed by atoms with E-state index in [2.05, 4.69) is 18.2 Å². The molecule has 1 fully saturated rings. The SMILES string of the molecule is OC(Cc1ccccc1-c1ccccc1)CN1CC(O)C(O)C1. The van der Waals surface area contributed by atoms with Crippen molar-refractivity contribution in [2.24, 2.45) is 0 Å². The summed E-state index contributed by atoms with van der Waals surface area (Å²) in [5.74, 6) is 0. The van der Waals surface area contributed by atoms with E-state index in [1.807, 2.05) is 41.3 Å². The molecule has 3 N–H and O–H groups in total. The molecule has 3 rings (SSSR count). The molecule has 2 aromatic carbocycles. The second-order valence-electron chi connectivity index (χ2n) is 6.23. The molecule has 0 aromatic heterocycles. The number of aliphatic hydroxyl groups excluding tert-OH is 3. The van der Waals surface area contributed by atoms with E-state index in [0.717, 1.165) is 16.7 Å². The predicted molar refractivity (Wildman–Crippen MR) is 90.0 cm³/mol. The summed E-state index contributed by atoms with van der Waals surface area (Å²) in [5.41, 5.74) is 3.38. The van der Waals surface area contributed by atoms with Gasteiger partial charge in [-0.25, -0.2) is 0 Å². The third-order valence-electron chi connectivity index (χ3n) is 4.36. The third kappa shape index (κ3) is 3.98. The number of aliphatic hydroxyl groups is 3. The molecular weight excluding hydrogens is 290 g/mol. The molecule has 23 heavy (non-hydrogen) atoms. The lowest BCUT2D eigenvalue weighted by Crippen LogP contribution is -2.32. The van der Waals surface area contributed by atoms with Crippen molar-refractivity contribution in [3.05, 3.63) is 60.2 Å². The van der Waals surface area contributed by atoms with Crippen LogP contribution in [0.1, 0.15) is 5.56 Å². The zero-order valence-electron chi connectivity index (χ0n) is 13.0. The molecule has 122 valence electrons. The zero-order chi connectivity index (χ0) is 16.2. The van der Waals surface area contributed by atoms with Gasteiger partial charge in [0.05, 0.1) is 18.3 Å². The van der Waals surface area contributed by atoms with Crippen LogP contribution in [0.15, 0.2) is 54.6 Å². The summed E-state index contributed by atoms with van der Waals surface area (Å²) in [6.45, 7) is 1.29. The standard InChI is InChI=1S/C19H23NO3/c21-16(11-20-12-18(22)19(23)13-20)10-15-8-4-5-9-17(15)14-6-2-1-3-7-14/h1-9,16,18-19,21-23H,10-13H2. The number of rotatable bonds is 5. The van der Waals surface area contributed by atoms with E-state index in [4.69, 9.17) is 0 Å². The van der Waals surface area contributed by atoms with Crippen LogP contribution in [0.5, 0.6) is 0 Å². The number of benzene rings is 2. The molecule has 0 amide bonds. The first-order chi connectivity index (χ1) is 11.1. The summed E-state index contributed by atoms with van der Waals surface area (Å²) < 4.78 is 0. The Hall–Kier alpha value is -1.72. The zero-order valence-corrected chi connectivity index (χ0v) is 13.0. The van der Waals surface area contributed by atoms with E-state index in [0.29, 0.717) is 26.1 Å². The molecular formula is C19H23NO3. The maximum Gasteiger partial charge on any atom is 0.0938 e. The Morgan fingerprint density at radius 3 is 2.22 bits per heavy atom. The van der Waals surface area contributed by atoms with Crippen LogP contribution in [-0.4, -0.2) is 58.2 Å². The van der Waals surface area contributed by atoms with Gasteiger partial charge in [-0.3, -0.25) is 4.90 Å². The average molecular weight is 313 g/mol. The molecule has 3 unspecified atom stereocenters. The van der Waals surface area contributed by atoms with Gasteiger partial charge in [0.1, 0.15) is 0 Å². The maximum atomic E-state index is 10.4. The van der Waals surface area contributed by atoms with Gasteiger partial charge >= 0.3 is 0 Å². The molecule has 1 heterocycles. The highest BCUT2D eigenvalue weighted by atomic mass is 16.3. The highest BCUT2D eigenvalue weighted by Crippen LogP contribution is 2.24. The summed E-state index contributed by atoms with van der Waals surface area (Å²) in [6.07, 6.45) is -1.40. The van der Waals surface area contributed by atoms with Crippen LogP contribution in [0.2, 0.25) is 0 Å². The van der Waals surface area contributed by atoms with Crippen molar-refractivity contribution in [2.45, 2.75) is 24.7 Å². The van der Waals surface area contributed by atoms with Gasteiger partial charge in [0.15, 0.2) is 0 Å². The topological polar surface area (TPSA) is 63.9 Å². The van der Waals surface area contributed by atoms with Gasteiger partial charge in [-0.05, 0) is 16.7 Å². The summed E-state index contributed by atoms with van der Waals surface area (Å²) in [7, 11) is 0. The van der Waals surface area contributed by atoms with Gasteiger partial charge in [0.2, 0.25) is 0 Å². The van der Waals surface area contributed by atoms with Crippen molar-refractivity contribution in [1.82, 2.24) is 4.90 Å². The minimum Gasteiger partial charge on any atom is -0.391 e. The smallest absolute Gasteiger partial charge is 0.0938 e. The van der Waals surface area contributed by atoms with Gasteiger partial charge in [-0.15, -0.1) is 0 Å². The van der Waals surface area contributed by atoms with Crippen molar-refractivity contribution in [2.75, 3.05) is 19.6 Å². The van der Waals surface area contributed by atoms with Crippen LogP contribution in [-0.2, 0) is 6.42 Å². The number of β-amino-alcohol motifs (C(OH)–C–C–N with tert-alkyl or cyclic N) is 3. The average Bonchev–Trinajstić information content (AvgIpc) is 2.86. The molecule has 0 aliphatic carbocycles. The molecule has 4 nitrogen and oxygen atoms in total. The number of hydrogen-bond donors (Lipinski definition) is 3. The molecule has 0 bridgehead atoms. The van der Waals surface area contributed by atoms with Crippen LogP contribution in [0.3, 0.4) is 0 Å². The van der Waals surface area contributed by atoms with Crippen LogP contribution < -0.4 is 0 Å². The number of nitrogens with zero attached hydrogens (tertiary/aromatic N) is 1. The van der Waals surface area contributed by atoms with Crippen LogP contribution in [0.4, 0.5) is 0 Å². The van der Waals surface area contributed by atoms with Crippen LogP contribution in [0, 0.1) is 0 Å². The fourth-order valence-corrected chi connectivity index (χ4v) is 3.21. The molecule has 1 aliphatic rings. The summed E-state index contributed by atoms with van der Waals surface area (Å²) >= 11 is 0.